The van der Waals surface area contributed by atoms with Gasteiger partial charge in [0, 0.05) is 99.6 Å². The lowest BCUT2D eigenvalue weighted by molar-refractivity contribution is -0.385. The SMILES string of the molecule is CN(CCOc1ccc(CCNC(=O)[C@@H]2CCCC[C@H]2C(=O)N[C@H]2CN(S(=O)(=O)c3ccc4ccc(S(=O)(=O)O)cc4c3)C[C@@H]2NC(=O)[C@@H]2CCCC[C@H]2C(=O)NCCc2ccc(OCCN(C)c3ccc(N=Nc4ccc([N+](=O)[O-])cc4)cc3)cc2)cc1)c1ccc(N=Nc2ccc([N+](=O)[O-])cc2)cc1. The molecule has 6 atom stereocenters. The quantitative estimate of drug-likeness (QED) is 0.0117. The van der Waals surface area contributed by atoms with Crippen LogP contribution in [0.15, 0.2) is 212 Å². The Morgan fingerprint density at radius 1 is 0.481 bits per heavy atom. The number of hydrogen-bond donors (Lipinski definition) is 5. The van der Waals surface area contributed by atoms with Crippen molar-refractivity contribution in [2.45, 2.75) is 86.1 Å². The number of hydrogen-bond acceptors (Lipinski definition) is 20. The Balaban J connectivity index is 0.664. The minimum absolute atomic E-state index is 0.0264. The second kappa shape index (κ2) is 35.1. The number of nitrogens with one attached hydrogen (secondary N) is 4. The molecule has 11 rings (SSSR count). The summed E-state index contributed by atoms with van der Waals surface area (Å²) in [6, 6.07) is 47.8. The van der Waals surface area contributed by atoms with Gasteiger partial charge in [-0.1, -0.05) is 62.1 Å². The van der Waals surface area contributed by atoms with Crippen LogP contribution >= 0.6 is 0 Å². The molecule has 1 heterocycles. The molecular weight excluding hydrogens is 1400 g/mol. The van der Waals surface area contributed by atoms with E-state index in [1.165, 1.54) is 84.9 Å². The molecule has 8 aromatic carbocycles. The van der Waals surface area contributed by atoms with Crippen LogP contribution in [0.3, 0.4) is 0 Å². The second-order valence-corrected chi connectivity index (χ2v) is 29.9. The number of carbonyl (C=O) groups excluding carboxylic acids is 4. The van der Waals surface area contributed by atoms with Crippen molar-refractivity contribution in [1.29, 1.82) is 0 Å². The number of nitro benzene ring substituents is 2. The first-order valence-corrected chi connectivity index (χ1v) is 38.0. The monoisotopic (exact) mass is 1480 g/mol. The number of carbonyl (C=O) groups is 4. The molecule has 30 heteroatoms. The molecule has 28 nitrogen and oxygen atoms in total. The molecule has 106 heavy (non-hydrogen) atoms. The van der Waals surface area contributed by atoms with Crippen molar-refractivity contribution < 1.29 is 59.9 Å². The zero-order chi connectivity index (χ0) is 74.9. The Morgan fingerprint density at radius 2 is 0.830 bits per heavy atom. The van der Waals surface area contributed by atoms with E-state index in [9.17, 15) is 60.8 Å². The molecule has 0 spiro atoms. The Hall–Kier alpha value is -11.1. The predicted molar refractivity (Wildman–Crippen MR) is 399 cm³/mol. The molecule has 3 fully saturated rings. The van der Waals surface area contributed by atoms with Gasteiger partial charge in [-0.3, -0.25) is 44.0 Å². The van der Waals surface area contributed by atoms with Gasteiger partial charge < -0.3 is 40.5 Å². The van der Waals surface area contributed by atoms with Crippen LogP contribution in [0.5, 0.6) is 11.5 Å². The Bertz CT molecular complexity index is 4500. The summed E-state index contributed by atoms with van der Waals surface area (Å²) in [5, 5.41) is 51.7. The third-order valence-electron chi connectivity index (χ3n) is 19.5. The van der Waals surface area contributed by atoms with E-state index in [-0.39, 0.29) is 46.6 Å². The van der Waals surface area contributed by atoms with Gasteiger partial charge in [0.05, 0.1) is 67.6 Å². The van der Waals surface area contributed by atoms with E-state index in [4.69, 9.17) is 9.47 Å². The van der Waals surface area contributed by atoms with Crippen molar-refractivity contribution in [2.75, 3.05) is 76.4 Å². The zero-order valence-electron chi connectivity index (χ0n) is 58.5. The van der Waals surface area contributed by atoms with Gasteiger partial charge in [-0.25, -0.2) is 8.42 Å². The molecule has 8 aromatic rings. The van der Waals surface area contributed by atoms with Crippen LogP contribution in [-0.2, 0) is 52.2 Å². The molecule has 2 saturated carbocycles. The van der Waals surface area contributed by atoms with E-state index in [2.05, 4.69) is 41.7 Å². The summed E-state index contributed by atoms with van der Waals surface area (Å²) in [6.45, 7) is 1.98. The summed E-state index contributed by atoms with van der Waals surface area (Å²) in [5.41, 5.74) is 5.93. The lowest BCUT2D eigenvalue weighted by Crippen LogP contribution is -2.55. The minimum atomic E-state index is -4.63. The fourth-order valence-electron chi connectivity index (χ4n) is 13.4. The van der Waals surface area contributed by atoms with Crippen LogP contribution in [0.2, 0.25) is 0 Å². The number of fused-ring (bicyclic) bond motifs is 1. The van der Waals surface area contributed by atoms with Crippen LogP contribution in [0.1, 0.15) is 62.5 Å². The standard InChI is InChI=1S/C76H83N13O15S2/c1-85(59-25-17-55(18-26-59)81-83-57-21-29-61(30-22-57)88(94)95)43-45-103-63-33-11-51(12-34-63)39-41-77-73(90)67-7-3-5-9-69(67)75(92)79-71-49-87(105(98,99)65-37-15-53-16-38-66(106(100,101)102)48-54(53)47-65)50-72(71)80-76(93)70-10-6-4-8-68(70)74(91)78-42-40-52-13-35-64(36-14-52)104-46-44-86(2)60-27-19-56(20-28-60)82-84-58-23-31-62(32-24-58)89(96)97/h11-38,47-48,67-72H,3-10,39-46,49-50H2,1-2H3,(H,77,90)(H,78,91)(H,79,92)(H,80,93)(H,100,101,102)/t67-,68-,69-,70-,71+,72+/m1/s1. The maximum Gasteiger partial charge on any atom is 0.294 e. The summed E-state index contributed by atoms with van der Waals surface area (Å²) in [7, 11) is -5.14. The van der Waals surface area contributed by atoms with Gasteiger partial charge in [0.15, 0.2) is 0 Å². The average molecular weight is 1480 g/mol. The average Bonchev–Trinajstić information content (AvgIpc) is 1.50. The lowest BCUT2D eigenvalue weighted by atomic mass is 9.77. The van der Waals surface area contributed by atoms with Crippen LogP contribution in [0.25, 0.3) is 10.8 Å². The number of nitrogens with zero attached hydrogens (tertiary/aromatic N) is 9. The smallest absolute Gasteiger partial charge is 0.294 e. The van der Waals surface area contributed by atoms with Gasteiger partial charge in [0.1, 0.15) is 24.7 Å². The van der Waals surface area contributed by atoms with Crippen molar-refractivity contribution in [3.63, 3.8) is 0 Å². The van der Waals surface area contributed by atoms with Crippen molar-refractivity contribution in [3.8, 4) is 11.5 Å². The van der Waals surface area contributed by atoms with Gasteiger partial charge >= 0.3 is 0 Å². The lowest BCUT2D eigenvalue weighted by Gasteiger charge is -2.33. The van der Waals surface area contributed by atoms with Crippen molar-refractivity contribution in [1.82, 2.24) is 25.6 Å². The van der Waals surface area contributed by atoms with E-state index in [0.717, 1.165) is 26.8 Å². The van der Waals surface area contributed by atoms with Crippen LogP contribution < -0.4 is 40.5 Å². The van der Waals surface area contributed by atoms with Crippen LogP contribution in [0.4, 0.5) is 45.5 Å². The normalized spacial score (nSPS) is 18.4. The van der Waals surface area contributed by atoms with E-state index < -0.39 is 82.5 Å². The number of azo groups is 2. The first-order chi connectivity index (χ1) is 51.0. The molecule has 0 unspecified atom stereocenters. The molecule has 554 valence electrons. The molecule has 3 aliphatic rings. The van der Waals surface area contributed by atoms with Gasteiger partial charge in [0.25, 0.3) is 21.5 Å². The molecule has 2 aliphatic carbocycles. The highest BCUT2D eigenvalue weighted by atomic mass is 32.2. The second-order valence-electron chi connectivity index (χ2n) is 26.6. The summed E-state index contributed by atoms with van der Waals surface area (Å²) >= 11 is 0. The molecule has 1 aliphatic heterocycles. The summed E-state index contributed by atoms with van der Waals surface area (Å²) in [5.74, 6) is -3.07. The summed E-state index contributed by atoms with van der Waals surface area (Å²) in [6.07, 6.45) is 5.45. The molecule has 0 bridgehead atoms. The van der Waals surface area contributed by atoms with Gasteiger partial charge in [-0.15, -0.1) is 0 Å². The highest BCUT2D eigenvalue weighted by Crippen LogP contribution is 2.35. The van der Waals surface area contributed by atoms with Crippen LogP contribution in [-0.4, -0.2) is 138 Å². The van der Waals surface area contributed by atoms with Crippen molar-refractivity contribution in [3.05, 3.63) is 213 Å². The van der Waals surface area contributed by atoms with Gasteiger partial charge in [0.2, 0.25) is 33.7 Å². The predicted octanol–water partition coefficient (Wildman–Crippen LogP) is 12.1. The number of benzene rings is 8. The first-order valence-electron chi connectivity index (χ1n) is 35.1. The zero-order valence-corrected chi connectivity index (χ0v) is 60.1. The summed E-state index contributed by atoms with van der Waals surface area (Å²) in [4.78, 5) is 81.9. The number of sulfonamides is 1. The fourth-order valence-corrected chi connectivity index (χ4v) is 15.4. The topological polar surface area (TPSA) is 369 Å². The maximum absolute atomic E-state index is 14.7. The third kappa shape index (κ3) is 20.2. The first kappa shape index (κ1) is 76.1. The van der Waals surface area contributed by atoms with E-state index in [0.29, 0.717) is 143 Å². The Kier molecular flexibility index (Phi) is 25.2. The number of non-ortho nitro benzene ring substituents is 2. The van der Waals surface area contributed by atoms with Gasteiger partial charge in [-0.2, -0.15) is 33.2 Å². The third-order valence-corrected chi connectivity index (χ3v) is 22.1. The van der Waals surface area contributed by atoms with Crippen molar-refractivity contribution in [2.24, 2.45) is 44.1 Å². The van der Waals surface area contributed by atoms with Gasteiger partial charge in [-0.05, 0) is 182 Å². The highest BCUT2D eigenvalue weighted by Gasteiger charge is 2.45. The molecule has 0 radical (unpaired) electrons. The largest absolute Gasteiger partial charge is 0.492 e. The Labute approximate surface area is 613 Å². The molecule has 0 aromatic heterocycles. The van der Waals surface area contributed by atoms with E-state index in [1.54, 1.807) is 0 Å². The molecule has 1 saturated heterocycles. The van der Waals surface area contributed by atoms with Crippen molar-refractivity contribution >= 4 is 100 Å². The summed E-state index contributed by atoms with van der Waals surface area (Å²) < 4.78 is 76.6. The number of likely N-dealkylation sites (N-methyl/N-ethyl adjacent to an activating group) is 2. The number of anilines is 2. The van der Waals surface area contributed by atoms with E-state index in [1.807, 2.05) is 121 Å². The number of amides is 4. The van der Waals surface area contributed by atoms with E-state index >= 15 is 0 Å². The number of rotatable bonds is 31. The molecular formula is C76H83N13O15S2. The maximum atomic E-state index is 14.7. The molecule has 5 N–H and O–H groups in total. The fraction of sp³-hybridized carbons (Fsp3) is 0.342. The number of nitro groups is 2. The Morgan fingerprint density at radius 3 is 1.20 bits per heavy atom. The highest BCUT2D eigenvalue weighted by molar-refractivity contribution is 7.89. The minimum Gasteiger partial charge on any atom is -0.492 e. The molecule has 4 amide bonds. The number of ether oxygens (including phenoxy) is 2. The van der Waals surface area contributed by atoms with Crippen LogP contribution in [0, 0.1) is 43.9 Å².